The number of halogens is 1. The number of nitrogens with zero attached hydrogens (tertiary/aromatic N) is 2. The van der Waals surface area contributed by atoms with Crippen LogP contribution in [0.25, 0.3) is 10.9 Å². The van der Waals surface area contributed by atoms with Crippen LogP contribution in [-0.4, -0.2) is 22.9 Å². The molecule has 162 valence electrons. The van der Waals surface area contributed by atoms with E-state index in [1.165, 1.54) is 6.20 Å². The van der Waals surface area contributed by atoms with Crippen molar-refractivity contribution in [2.45, 2.75) is 13.5 Å². The van der Waals surface area contributed by atoms with Gasteiger partial charge >= 0.3 is 29.6 Å². The number of carbonyl (C=O) groups excluding carboxylic acids is 1. The van der Waals surface area contributed by atoms with Crippen LogP contribution in [0.4, 0.5) is 0 Å². The summed E-state index contributed by atoms with van der Waals surface area (Å²) in [4.78, 5) is 17.0. The normalized spacial score (nSPS) is 11.2. The van der Waals surface area contributed by atoms with Crippen LogP contribution in [0.5, 0.6) is 11.5 Å². The van der Waals surface area contributed by atoms with Crippen molar-refractivity contribution in [2.75, 3.05) is 6.61 Å². The first-order valence-corrected chi connectivity index (χ1v) is 10.4. The zero-order chi connectivity index (χ0) is 22.5. The van der Waals surface area contributed by atoms with Gasteiger partial charge in [-0.25, -0.2) is 0 Å². The van der Waals surface area contributed by atoms with Gasteiger partial charge in [0.2, 0.25) is 0 Å². The van der Waals surface area contributed by atoms with Crippen LogP contribution in [0, 0.1) is 0 Å². The number of aromatic nitrogens is 1. The molecule has 0 bridgehead atoms. The van der Waals surface area contributed by atoms with Gasteiger partial charge in [0.1, 0.15) is 23.8 Å². The fraction of sp³-hybridized carbons (Fsp3) is 0.120. The van der Waals surface area contributed by atoms with E-state index in [0.29, 0.717) is 34.0 Å². The Morgan fingerprint density at radius 3 is 2.52 bits per heavy atom. The fourth-order valence-electron chi connectivity index (χ4n) is 3.40. The molecule has 0 fully saturated rings. The zero-order valence-electron chi connectivity index (χ0n) is 18.3. The second kappa shape index (κ2) is 11.4. The minimum atomic E-state index is -1.27. The van der Waals surface area contributed by atoms with E-state index in [2.05, 4.69) is 5.16 Å². The Kier molecular flexibility index (Phi) is 8.58. The van der Waals surface area contributed by atoms with Crippen molar-refractivity contribution < 1.29 is 49.0 Å². The first kappa shape index (κ1) is 24.9. The van der Waals surface area contributed by atoms with E-state index in [1.54, 1.807) is 22.8 Å². The number of hydrogen-bond donors (Lipinski definition) is 0. The summed E-state index contributed by atoms with van der Waals surface area (Å²) < 4.78 is 7.73. The van der Waals surface area contributed by atoms with Crippen molar-refractivity contribution in [1.82, 2.24) is 4.57 Å². The standard InChI is InChI=1S/C25H21ClN2O4.Na/c1-2-31-27-23(17-7-6-10-20(13-17)32-19-8-4-3-5-9-19)16-28-15-22(25(29)30)21-14-18(26)11-12-24(21)28;/h3-15H,2,16H2,1H3,(H,29,30);/q;+1/p-1. The van der Waals surface area contributed by atoms with Gasteiger partial charge in [0.05, 0.1) is 12.5 Å². The molecule has 0 spiro atoms. The number of rotatable bonds is 8. The molecule has 3 aromatic carbocycles. The average molecular weight is 471 g/mol. The van der Waals surface area contributed by atoms with Crippen LogP contribution in [0.3, 0.4) is 0 Å². The molecule has 0 unspecified atom stereocenters. The zero-order valence-corrected chi connectivity index (χ0v) is 21.1. The number of para-hydroxylation sites is 1. The van der Waals surface area contributed by atoms with E-state index in [9.17, 15) is 9.90 Å². The number of carboxylic acids is 1. The minimum absolute atomic E-state index is 0. The number of carboxylic acid groups (broad SMARTS) is 1. The van der Waals surface area contributed by atoms with E-state index in [0.717, 1.165) is 11.3 Å². The third-order valence-electron chi connectivity index (χ3n) is 4.83. The predicted octanol–water partition coefficient (Wildman–Crippen LogP) is 1.90. The summed E-state index contributed by atoms with van der Waals surface area (Å²) >= 11 is 6.08. The Morgan fingerprint density at radius 1 is 1.03 bits per heavy atom. The molecule has 4 rings (SSSR count). The number of aromatic carboxylic acids is 1. The number of carbonyl (C=O) groups is 1. The van der Waals surface area contributed by atoms with Crippen LogP contribution in [-0.2, 0) is 11.4 Å². The topological polar surface area (TPSA) is 75.9 Å². The van der Waals surface area contributed by atoms with Crippen LogP contribution >= 0.6 is 11.6 Å². The molecule has 1 heterocycles. The van der Waals surface area contributed by atoms with Gasteiger partial charge in [0, 0.05) is 33.2 Å². The first-order chi connectivity index (χ1) is 15.5. The van der Waals surface area contributed by atoms with Gasteiger partial charge in [0.15, 0.2) is 0 Å². The Bertz CT molecular complexity index is 1290. The molecule has 0 aliphatic heterocycles. The molecule has 0 aliphatic rings. The third kappa shape index (κ3) is 5.97. The first-order valence-electron chi connectivity index (χ1n) is 10.1. The molecule has 0 N–H and O–H groups in total. The largest absolute Gasteiger partial charge is 1.00 e. The Balaban J connectivity index is 0.00000306. The van der Waals surface area contributed by atoms with E-state index < -0.39 is 5.97 Å². The van der Waals surface area contributed by atoms with E-state index in [-0.39, 0.29) is 41.7 Å². The second-order valence-electron chi connectivity index (χ2n) is 7.02. The van der Waals surface area contributed by atoms with Crippen molar-refractivity contribution in [3.8, 4) is 11.5 Å². The number of ether oxygens (including phenoxy) is 1. The van der Waals surface area contributed by atoms with Crippen molar-refractivity contribution in [3.63, 3.8) is 0 Å². The average Bonchev–Trinajstić information content (AvgIpc) is 3.15. The summed E-state index contributed by atoms with van der Waals surface area (Å²) in [6, 6.07) is 22.1. The van der Waals surface area contributed by atoms with E-state index in [4.69, 9.17) is 21.2 Å². The van der Waals surface area contributed by atoms with Gasteiger partial charge in [-0.3, -0.25) is 0 Å². The molecule has 0 atom stereocenters. The van der Waals surface area contributed by atoms with E-state index in [1.807, 2.05) is 61.5 Å². The molecule has 6 nitrogen and oxygen atoms in total. The maximum atomic E-state index is 11.6. The maximum Gasteiger partial charge on any atom is 1.00 e. The van der Waals surface area contributed by atoms with Crippen LogP contribution < -0.4 is 39.4 Å². The Morgan fingerprint density at radius 2 is 1.79 bits per heavy atom. The maximum absolute atomic E-state index is 11.6. The van der Waals surface area contributed by atoms with Crippen molar-refractivity contribution in [1.29, 1.82) is 0 Å². The van der Waals surface area contributed by atoms with Gasteiger partial charge in [-0.15, -0.1) is 0 Å². The third-order valence-corrected chi connectivity index (χ3v) is 5.07. The minimum Gasteiger partial charge on any atom is -0.545 e. The molecule has 0 saturated carbocycles. The van der Waals surface area contributed by atoms with Crippen molar-refractivity contribution >= 4 is 34.2 Å². The van der Waals surface area contributed by atoms with Crippen LogP contribution in [0.15, 0.2) is 84.1 Å². The molecule has 0 amide bonds. The summed E-state index contributed by atoms with van der Waals surface area (Å²) in [5, 5.41) is 16.9. The quantitative estimate of drug-likeness (QED) is 0.224. The number of oxime groups is 1. The van der Waals surface area contributed by atoms with Gasteiger partial charge in [-0.05, 0) is 49.4 Å². The molecule has 4 aromatic rings. The summed E-state index contributed by atoms with van der Waals surface area (Å²) in [5.41, 5.74) is 2.17. The summed E-state index contributed by atoms with van der Waals surface area (Å²) in [5.74, 6) is 0.106. The molecule has 1 aromatic heterocycles. The summed E-state index contributed by atoms with van der Waals surface area (Å²) in [6.45, 7) is 2.52. The van der Waals surface area contributed by atoms with Gasteiger partial charge in [-0.1, -0.05) is 47.1 Å². The number of fused-ring (bicyclic) bond motifs is 1. The van der Waals surface area contributed by atoms with Crippen molar-refractivity contribution in [3.05, 3.63) is 95.1 Å². The SMILES string of the molecule is CCON=C(Cn1cc(C(=O)[O-])c2cc(Cl)ccc21)c1cccc(Oc2ccccc2)c1.[Na+]. The monoisotopic (exact) mass is 470 g/mol. The Hall–Kier alpha value is -2.77. The van der Waals surface area contributed by atoms with Gasteiger partial charge in [-0.2, -0.15) is 0 Å². The second-order valence-corrected chi connectivity index (χ2v) is 7.45. The fourth-order valence-corrected chi connectivity index (χ4v) is 3.58. The molecule has 0 aliphatic carbocycles. The number of hydrogen-bond acceptors (Lipinski definition) is 5. The smallest absolute Gasteiger partial charge is 0.545 e. The predicted molar refractivity (Wildman–Crippen MR) is 122 cm³/mol. The molecular weight excluding hydrogens is 451 g/mol. The Labute approximate surface area is 218 Å². The van der Waals surface area contributed by atoms with E-state index >= 15 is 0 Å². The van der Waals surface area contributed by atoms with Crippen molar-refractivity contribution in [2.24, 2.45) is 5.16 Å². The molecular formula is C25H20ClN2NaO4. The van der Waals surface area contributed by atoms with Crippen LogP contribution in [0.1, 0.15) is 22.8 Å². The molecule has 33 heavy (non-hydrogen) atoms. The molecule has 0 saturated heterocycles. The van der Waals surface area contributed by atoms with Crippen LogP contribution in [0.2, 0.25) is 5.02 Å². The molecule has 8 heteroatoms. The number of benzene rings is 3. The van der Waals surface area contributed by atoms with Gasteiger partial charge < -0.3 is 24.0 Å². The summed E-state index contributed by atoms with van der Waals surface area (Å²) in [7, 11) is 0. The molecule has 0 radical (unpaired) electrons. The van der Waals surface area contributed by atoms with Gasteiger partial charge in [0.25, 0.3) is 0 Å². The summed E-state index contributed by atoms with van der Waals surface area (Å²) in [6.07, 6.45) is 1.53.